The summed E-state index contributed by atoms with van der Waals surface area (Å²) in [7, 11) is -3.91. The van der Waals surface area contributed by atoms with Crippen LogP contribution in [0.3, 0.4) is 0 Å². The van der Waals surface area contributed by atoms with Crippen LogP contribution in [0.4, 0.5) is 5.69 Å². The summed E-state index contributed by atoms with van der Waals surface area (Å²) < 4.78 is 29.2. The second-order valence-corrected chi connectivity index (χ2v) is 7.07. The van der Waals surface area contributed by atoms with Gasteiger partial charge >= 0.3 is 5.97 Å². The van der Waals surface area contributed by atoms with Gasteiger partial charge in [0.2, 0.25) is 0 Å². The number of aromatic carboxylic acids is 1. The molecule has 0 spiro atoms. The minimum atomic E-state index is -3.91. The number of benzene rings is 2. The summed E-state index contributed by atoms with van der Waals surface area (Å²) in [4.78, 5) is 11.1. The largest absolute Gasteiger partial charge is 0.478 e. The zero-order valence-electron chi connectivity index (χ0n) is 13.2. The Morgan fingerprint density at radius 2 is 1.96 bits per heavy atom. The minimum Gasteiger partial charge on any atom is -0.478 e. The Kier molecular flexibility index (Phi) is 4.28. The van der Waals surface area contributed by atoms with Crippen LogP contribution in [0.2, 0.25) is 0 Å². The summed E-state index contributed by atoms with van der Waals surface area (Å²) in [6, 6.07) is 12.5. The van der Waals surface area contributed by atoms with Gasteiger partial charge in [0.25, 0.3) is 10.0 Å². The van der Waals surface area contributed by atoms with E-state index < -0.39 is 16.0 Å². The molecular weight excluding hydrogens is 342 g/mol. The second-order valence-electron chi connectivity index (χ2n) is 5.39. The SMILES string of the molecule is Cc1ccc(S(=O)(=O)Nc2cccc(-n3cccn3)c2)cc1C(=O)O. The Labute approximate surface area is 144 Å². The highest BCUT2D eigenvalue weighted by Crippen LogP contribution is 2.21. The normalized spacial score (nSPS) is 11.2. The molecule has 7 nitrogen and oxygen atoms in total. The van der Waals surface area contributed by atoms with Gasteiger partial charge in [-0.1, -0.05) is 12.1 Å². The summed E-state index contributed by atoms with van der Waals surface area (Å²) >= 11 is 0. The molecule has 1 aromatic heterocycles. The van der Waals surface area contributed by atoms with Crippen LogP contribution >= 0.6 is 0 Å². The maximum absolute atomic E-state index is 12.6. The molecule has 128 valence electrons. The first-order valence-corrected chi connectivity index (χ1v) is 8.82. The molecule has 25 heavy (non-hydrogen) atoms. The maximum Gasteiger partial charge on any atom is 0.335 e. The van der Waals surface area contributed by atoms with E-state index in [4.69, 9.17) is 5.11 Å². The molecule has 0 atom stereocenters. The molecule has 0 aliphatic carbocycles. The predicted molar refractivity (Wildman–Crippen MR) is 92.5 cm³/mol. The molecule has 0 radical (unpaired) electrons. The molecule has 0 unspecified atom stereocenters. The molecular formula is C17H15N3O4S. The lowest BCUT2D eigenvalue weighted by Gasteiger charge is -2.11. The van der Waals surface area contributed by atoms with Gasteiger partial charge in [0.1, 0.15) is 0 Å². The van der Waals surface area contributed by atoms with Crippen molar-refractivity contribution in [3.63, 3.8) is 0 Å². The summed E-state index contributed by atoms with van der Waals surface area (Å²) in [6.07, 6.45) is 3.36. The number of carboxylic acids is 1. The number of nitrogens with zero attached hydrogens (tertiary/aromatic N) is 2. The molecule has 2 N–H and O–H groups in total. The Morgan fingerprint density at radius 3 is 2.64 bits per heavy atom. The van der Waals surface area contributed by atoms with Crippen molar-refractivity contribution in [2.75, 3.05) is 4.72 Å². The molecule has 1 heterocycles. The third kappa shape index (κ3) is 3.53. The van der Waals surface area contributed by atoms with Gasteiger partial charge in [-0.2, -0.15) is 5.10 Å². The number of hydrogen-bond donors (Lipinski definition) is 2. The van der Waals surface area contributed by atoms with Gasteiger partial charge in [0.05, 0.1) is 21.8 Å². The zero-order chi connectivity index (χ0) is 18.0. The Bertz CT molecular complexity index is 1030. The second kappa shape index (κ2) is 6.40. The van der Waals surface area contributed by atoms with Gasteiger partial charge in [-0.05, 0) is 48.9 Å². The fourth-order valence-corrected chi connectivity index (χ4v) is 3.42. The summed E-state index contributed by atoms with van der Waals surface area (Å²) in [5.74, 6) is -1.17. The number of hydrogen-bond acceptors (Lipinski definition) is 4. The topological polar surface area (TPSA) is 101 Å². The lowest BCUT2D eigenvalue weighted by molar-refractivity contribution is 0.0696. The fraction of sp³-hybridized carbons (Fsp3) is 0.0588. The Morgan fingerprint density at radius 1 is 1.16 bits per heavy atom. The van der Waals surface area contributed by atoms with Gasteiger partial charge in [-0.3, -0.25) is 4.72 Å². The minimum absolute atomic E-state index is 0.0480. The van der Waals surface area contributed by atoms with Crippen LogP contribution in [-0.4, -0.2) is 29.3 Å². The third-order valence-electron chi connectivity index (χ3n) is 3.62. The molecule has 2 aromatic carbocycles. The van der Waals surface area contributed by atoms with Gasteiger partial charge in [-0.15, -0.1) is 0 Å². The summed E-state index contributed by atoms with van der Waals surface area (Å²) in [5.41, 5.74) is 1.49. The first kappa shape index (κ1) is 16.7. The van der Waals surface area contributed by atoms with E-state index in [0.717, 1.165) is 6.07 Å². The van der Waals surface area contributed by atoms with Crippen LogP contribution in [0.25, 0.3) is 5.69 Å². The van der Waals surface area contributed by atoms with Gasteiger partial charge in [0.15, 0.2) is 0 Å². The number of carbonyl (C=O) groups is 1. The van der Waals surface area contributed by atoms with Crippen LogP contribution < -0.4 is 4.72 Å². The number of aryl methyl sites for hydroxylation is 1. The van der Waals surface area contributed by atoms with Crippen LogP contribution in [0.15, 0.2) is 65.8 Å². The van der Waals surface area contributed by atoms with Crippen LogP contribution in [0.5, 0.6) is 0 Å². The van der Waals surface area contributed by atoms with Gasteiger partial charge in [-0.25, -0.2) is 17.9 Å². The first-order valence-electron chi connectivity index (χ1n) is 7.34. The zero-order valence-corrected chi connectivity index (χ0v) is 14.1. The quantitative estimate of drug-likeness (QED) is 0.731. The number of carboxylic acid groups (broad SMARTS) is 1. The molecule has 0 saturated carbocycles. The fourth-order valence-electron chi connectivity index (χ4n) is 2.35. The van der Waals surface area contributed by atoms with E-state index in [9.17, 15) is 13.2 Å². The van der Waals surface area contributed by atoms with E-state index in [2.05, 4.69) is 9.82 Å². The standard InChI is InChI=1S/C17H15N3O4S/c1-12-6-7-15(11-16(12)17(21)22)25(23,24)19-13-4-2-5-14(10-13)20-9-3-8-18-20/h2-11,19H,1H3,(H,21,22). The van der Waals surface area contributed by atoms with Gasteiger partial charge < -0.3 is 5.11 Å². The number of anilines is 1. The number of sulfonamides is 1. The number of aromatic nitrogens is 2. The Balaban J connectivity index is 1.93. The van der Waals surface area contributed by atoms with Crippen LogP contribution in [0, 0.1) is 6.92 Å². The Hall–Kier alpha value is -3.13. The van der Waals surface area contributed by atoms with E-state index in [0.29, 0.717) is 16.9 Å². The number of rotatable bonds is 5. The van der Waals surface area contributed by atoms with Crippen molar-refractivity contribution in [3.8, 4) is 5.69 Å². The highest BCUT2D eigenvalue weighted by molar-refractivity contribution is 7.92. The molecule has 0 fully saturated rings. The van der Waals surface area contributed by atoms with Crippen molar-refractivity contribution < 1.29 is 18.3 Å². The molecule has 0 amide bonds. The van der Waals surface area contributed by atoms with Crippen LogP contribution in [0.1, 0.15) is 15.9 Å². The molecule has 3 rings (SSSR count). The highest BCUT2D eigenvalue weighted by Gasteiger charge is 2.18. The van der Waals surface area contributed by atoms with Crippen molar-refractivity contribution in [2.45, 2.75) is 11.8 Å². The van der Waals surface area contributed by atoms with E-state index in [1.54, 1.807) is 54.3 Å². The van der Waals surface area contributed by atoms with E-state index in [1.165, 1.54) is 12.1 Å². The predicted octanol–water partition coefficient (Wildman–Crippen LogP) is 2.68. The van der Waals surface area contributed by atoms with Crippen molar-refractivity contribution in [2.24, 2.45) is 0 Å². The molecule has 0 saturated heterocycles. The molecule has 0 aliphatic rings. The molecule has 0 aliphatic heterocycles. The average Bonchev–Trinajstić information content (AvgIpc) is 3.09. The van der Waals surface area contributed by atoms with Crippen molar-refractivity contribution >= 4 is 21.7 Å². The van der Waals surface area contributed by atoms with Crippen LogP contribution in [-0.2, 0) is 10.0 Å². The lowest BCUT2D eigenvalue weighted by atomic mass is 10.1. The molecule has 0 bridgehead atoms. The maximum atomic E-state index is 12.6. The van der Waals surface area contributed by atoms with Gasteiger partial charge in [0, 0.05) is 12.4 Å². The first-order chi connectivity index (χ1) is 11.9. The van der Waals surface area contributed by atoms with Crippen molar-refractivity contribution in [1.82, 2.24) is 9.78 Å². The summed E-state index contributed by atoms with van der Waals surface area (Å²) in [5, 5.41) is 13.3. The smallest absolute Gasteiger partial charge is 0.335 e. The third-order valence-corrected chi connectivity index (χ3v) is 5.00. The number of nitrogens with one attached hydrogen (secondary N) is 1. The lowest BCUT2D eigenvalue weighted by Crippen LogP contribution is -2.14. The molecule has 3 aromatic rings. The molecule has 8 heteroatoms. The average molecular weight is 357 g/mol. The van der Waals surface area contributed by atoms with E-state index in [1.807, 2.05) is 0 Å². The van der Waals surface area contributed by atoms with E-state index in [-0.39, 0.29) is 10.5 Å². The van der Waals surface area contributed by atoms with Crippen molar-refractivity contribution in [1.29, 1.82) is 0 Å². The van der Waals surface area contributed by atoms with Crippen molar-refractivity contribution in [3.05, 3.63) is 72.1 Å². The highest BCUT2D eigenvalue weighted by atomic mass is 32.2. The van der Waals surface area contributed by atoms with E-state index >= 15 is 0 Å². The summed E-state index contributed by atoms with van der Waals surface area (Å²) in [6.45, 7) is 1.61. The monoisotopic (exact) mass is 357 g/mol.